The number of hydrogen-bond donors (Lipinski definition) is 1. The molecule has 0 aromatic heterocycles. The van der Waals surface area contributed by atoms with Crippen molar-refractivity contribution in [3.8, 4) is 5.75 Å². The van der Waals surface area contributed by atoms with Gasteiger partial charge in [0, 0.05) is 10.0 Å². The summed E-state index contributed by atoms with van der Waals surface area (Å²) in [5, 5.41) is 14.2. The van der Waals surface area contributed by atoms with Gasteiger partial charge in [-0.3, -0.25) is 0 Å². The van der Waals surface area contributed by atoms with E-state index in [1.165, 1.54) is 6.21 Å². The number of nitrogens with zero attached hydrogens (tertiary/aromatic N) is 1. The lowest BCUT2D eigenvalue weighted by Crippen LogP contribution is -1.99. The van der Waals surface area contributed by atoms with Gasteiger partial charge in [-0.15, -0.1) is 0 Å². The first-order valence-electron chi connectivity index (χ1n) is 6.84. The summed E-state index contributed by atoms with van der Waals surface area (Å²) in [6, 6.07) is 19.8. The van der Waals surface area contributed by atoms with Gasteiger partial charge in [0.05, 0.1) is 6.21 Å². The molecule has 4 heteroatoms. The van der Waals surface area contributed by atoms with Crippen LogP contribution in [0.1, 0.15) is 11.1 Å². The normalized spacial score (nSPS) is 11.1. The number of oxime groups is 1. The third kappa shape index (κ3) is 3.12. The summed E-state index contributed by atoms with van der Waals surface area (Å²) >= 11 is 3.41. The van der Waals surface area contributed by atoms with E-state index < -0.39 is 0 Å². The van der Waals surface area contributed by atoms with E-state index in [-0.39, 0.29) is 0 Å². The quantitative estimate of drug-likeness (QED) is 0.407. The highest BCUT2D eigenvalue weighted by molar-refractivity contribution is 9.10. The van der Waals surface area contributed by atoms with Gasteiger partial charge in [0.15, 0.2) is 0 Å². The molecule has 0 unspecified atom stereocenters. The van der Waals surface area contributed by atoms with Gasteiger partial charge in [-0.2, -0.15) is 0 Å². The van der Waals surface area contributed by atoms with Crippen molar-refractivity contribution < 1.29 is 9.94 Å². The predicted octanol–water partition coefficient (Wildman–Crippen LogP) is 4.99. The van der Waals surface area contributed by atoms with Crippen LogP contribution < -0.4 is 4.74 Å². The van der Waals surface area contributed by atoms with Gasteiger partial charge in [0.1, 0.15) is 12.4 Å². The largest absolute Gasteiger partial charge is 0.488 e. The van der Waals surface area contributed by atoms with E-state index >= 15 is 0 Å². The summed E-state index contributed by atoms with van der Waals surface area (Å²) < 4.78 is 6.94. The van der Waals surface area contributed by atoms with Gasteiger partial charge < -0.3 is 9.94 Å². The van der Waals surface area contributed by atoms with Crippen LogP contribution >= 0.6 is 15.9 Å². The number of ether oxygens (including phenoxy) is 1. The highest BCUT2D eigenvalue weighted by atomic mass is 79.9. The van der Waals surface area contributed by atoms with E-state index in [0.29, 0.717) is 12.4 Å². The molecule has 0 radical (unpaired) electrons. The summed E-state index contributed by atoms with van der Waals surface area (Å²) in [4.78, 5) is 0. The fraction of sp³-hybridized carbons (Fsp3) is 0.0556. The fourth-order valence-corrected chi connectivity index (χ4v) is 2.60. The zero-order valence-electron chi connectivity index (χ0n) is 11.7. The molecule has 3 aromatic rings. The second-order valence-electron chi connectivity index (χ2n) is 4.86. The molecule has 0 aliphatic rings. The lowest BCUT2D eigenvalue weighted by Gasteiger charge is -2.11. The molecule has 110 valence electrons. The van der Waals surface area contributed by atoms with Gasteiger partial charge in [-0.25, -0.2) is 0 Å². The van der Waals surface area contributed by atoms with Gasteiger partial charge >= 0.3 is 0 Å². The van der Waals surface area contributed by atoms with E-state index in [4.69, 9.17) is 9.94 Å². The minimum Gasteiger partial charge on any atom is -0.488 e. The molecule has 1 N–H and O–H groups in total. The Labute approximate surface area is 137 Å². The van der Waals surface area contributed by atoms with Gasteiger partial charge in [-0.05, 0) is 34.5 Å². The zero-order chi connectivity index (χ0) is 15.4. The van der Waals surface area contributed by atoms with Crippen LogP contribution in [0.4, 0.5) is 0 Å². The highest BCUT2D eigenvalue weighted by Crippen LogP contribution is 2.27. The van der Waals surface area contributed by atoms with Crippen molar-refractivity contribution in [3.05, 3.63) is 76.3 Å². The molecule has 22 heavy (non-hydrogen) atoms. The Morgan fingerprint density at radius 2 is 1.77 bits per heavy atom. The number of rotatable bonds is 4. The van der Waals surface area contributed by atoms with Crippen LogP contribution in [0.2, 0.25) is 0 Å². The van der Waals surface area contributed by atoms with Crippen molar-refractivity contribution in [2.75, 3.05) is 0 Å². The number of fused-ring (bicyclic) bond motifs is 1. The summed E-state index contributed by atoms with van der Waals surface area (Å²) in [6.45, 7) is 0.456. The van der Waals surface area contributed by atoms with Gasteiger partial charge in [0.2, 0.25) is 0 Å². The van der Waals surface area contributed by atoms with Crippen LogP contribution in [0.5, 0.6) is 5.75 Å². The standard InChI is InChI=1S/C18H14BrNO2/c19-15-8-5-13(6-9-15)12-22-18-10-7-14-3-1-2-4-16(14)17(18)11-20-21/h1-11,21H,12H2. The van der Waals surface area contributed by atoms with Crippen molar-refractivity contribution >= 4 is 32.9 Å². The molecule has 0 fully saturated rings. The Balaban J connectivity index is 1.92. The van der Waals surface area contributed by atoms with Crippen molar-refractivity contribution in [2.24, 2.45) is 5.16 Å². The van der Waals surface area contributed by atoms with Crippen LogP contribution in [0.3, 0.4) is 0 Å². The van der Waals surface area contributed by atoms with Crippen LogP contribution in [0.25, 0.3) is 10.8 Å². The molecule has 0 aliphatic carbocycles. The average molecular weight is 356 g/mol. The molecular weight excluding hydrogens is 342 g/mol. The molecule has 0 saturated carbocycles. The monoisotopic (exact) mass is 355 g/mol. The molecule has 0 spiro atoms. The average Bonchev–Trinajstić information content (AvgIpc) is 2.56. The van der Waals surface area contributed by atoms with E-state index in [1.807, 2.05) is 60.7 Å². The van der Waals surface area contributed by atoms with Crippen LogP contribution in [0.15, 0.2) is 70.3 Å². The van der Waals surface area contributed by atoms with Crippen LogP contribution in [-0.2, 0) is 6.61 Å². The van der Waals surface area contributed by atoms with E-state index in [1.54, 1.807) is 0 Å². The molecule has 0 heterocycles. The van der Waals surface area contributed by atoms with Crippen molar-refractivity contribution in [1.29, 1.82) is 0 Å². The predicted molar refractivity (Wildman–Crippen MR) is 91.8 cm³/mol. The van der Waals surface area contributed by atoms with E-state index in [9.17, 15) is 0 Å². The maximum absolute atomic E-state index is 8.93. The van der Waals surface area contributed by atoms with Crippen LogP contribution in [0, 0.1) is 0 Å². The number of benzene rings is 3. The molecule has 3 rings (SSSR count). The summed E-state index contributed by atoms with van der Waals surface area (Å²) in [5.74, 6) is 0.694. The fourth-order valence-electron chi connectivity index (χ4n) is 2.33. The van der Waals surface area contributed by atoms with Gasteiger partial charge in [-0.1, -0.05) is 63.6 Å². The van der Waals surface area contributed by atoms with Crippen molar-refractivity contribution in [2.45, 2.75) is 6.61 Å². The van der Waals surface area contributed by atoms with Gasteiger partial charge in [0.25, 0.3) is 0 Å². The smallest absolute Gasteiger partial charge is 0.129 e. The third-order valence-electron chi connectivity index (χ3n) is 3.43. The Kier molecular flexibility index (Phi) is 4.39. The molecule has 0 atom stereocenters. The SMILES string of the molecule is ON=Cc1c(OCc2ccc(Br)cc2)ccc2ccccc12. The lowest BCUT2D eigenvalue weighted by atomic mass is 10.0. The molecular formula is C18H14BrNO2. The molecule has 3 aromatic carbocycles. The maximum Gasteiger partial charge on any atom is 0.129 e. The number of hydrogen-bond acceptors (Lipinski definition) is 3. The van der Waals surface area contributed by atoms with E-state index in [2.05, 4.69) is 21.1 Å². The summed E-state index contributed by atoms with van der Waals surface area (Å²) in [6.07, 6.45) is 1.42. The Morgan fingerprint density at radius 1 is 1.00 bits per heavy atom. The molecule has 0 saturated heterocycles. The van der Waals surface area contributed by atoms with Crippen LogP contribution in [-0.4, -0.2) is 11.4 Å². The Hall–Kier alpha value is -2.33. The van der Waals surface area contributed by atoms with Crippen molar-refractivity contribution in [3.63, 3.8) is 0 Å². The third-order valence-corrected chi connectivity index (χ3v) is 3.95. The maximum atomic E-state index is 8.93. The highest BCUT2D eigenvalue weighted by Gasteiger charge is 2.07. The van der Waals surface area contributed by atoms with E-state index in [0.717, 1.165) is 26.4 Å². The zero-order valence-corrected chi connectivity index (χ0v) is 13.3. The molecule has 0 amide bonds. The Bertz CT molecular complexity index is 813. The number of halogens is 1. The summed E-state index contributed by atoms with van der Waals surface area (Å²) in [5.41, 5.74) is 1.85. The second kappa shape index (κ2) is 6.62. The minimum absolute atomic E-state index is 0.456. The molecule has 0 bridgehead atoms. The van der Waals surface area contributed by atoms with Crippen molar-refractivity contribution in [1.82, 2.24) is 0 Å². The minimum atomic E-state index is 0.456. The summed E-state index contributed by atoms with van der Waals surface area (Å²) in [7, 11) is 0. The lowest BCUT2D eigenvalue weighted by molar-refractivity contribution is 0.304. The molecule has 0 aliphatic heterocycles. The second-order valence-corrected chi connectivity index (χ2v) is 5.77. The first-order valence-corrected chi connectivity index (χ1v) is 7.63. The molecule has 3 nitrogen and oxygen atoms in total. The first kappa shape index (κ1) is 14.6. The first-order chi connectivity index (χ1) is 10.8. The Morgan fingerprint density at radius 3 is 2.55 bits per heavy atom. The topological polar surface area (TPSA) is 41.8 Å².